The van der Waals surface area contributed by atoms with Gasteiger partial charge in [0.05, 0.1) is 11.1 Å². The molecule has 0 saturated heterocycles. The van der Waals surface area contributed by atoms with E-state index in [4.69, 9.17) is 0 Å². The van der Waals surface area contributed by atoms with E-state index >= 15 is 0 Å². The van der Waals surface area contributed by atoms with E-state index in [1.807, 2.05) is 0 Å². The van der Waals surface area contributed by atoms with Crippen molar-refractivity contribution in [3.8, 4) is 0 Å². The zero-order chi connectivity index (χ0) is 11.5. The summed E-state index contributed by atoms with van der Waals surface area (Å²) < 4.78 is 12.0. The molecule has 1 unspecified atom stereocenters. The minimum atomic E-state index is -1.61. The predicted octanol–water partition coefficient (Wildman–Crippen LogP) is 1.01. The maximum atomic E-state index is 11.8. The lowest BCUT2D eigenvalue weighted by atomic mass is 10.8. The molecular weight excluding hydrogens is 252 g/mol. The number of nitrogens with zero attached hydrogens (tertiary/aromatic N) is 4. The average molecular weight is 256 g/mol. The molecule has 7 nitrogen and oxygen atoms in total. The topological polar surface area (TPSA) is 98.9 Å². The number of rotatable bonds is 3. The maximum absolute atomic E-state index is 11.8. The molecular formula is C7H4N4O3S2. The highest BCUT2D eigenvalue weighted by atomic mass is 32.2. The standard InChI is InChI=1S/C7H4N4O3S2/c12-11(13)6-4-10-7(15-6)16(14)5-3-8-1-2-9-5/h1-4H. The number of aromatic nitrogens is 3. The van der Waals surface area contributed by atoms with Crippen molar-refractivity contribution in [3.63, 3.8) is 0 Å². The summed E-state index contributed by atoms with van der Waals surface area (Å²) in [5.74, 6) is 0. The summed E-state index contributed by atoms with van der Waals surface area (Å²) in [4.78, 5) is 21.2. The van der Waals surface area contributed by atoms with Crippen molar-refractivity contribution in [3.05, 3.63) is 34.9 Å². The molecule has 82 valence electrons. The summed E-state index contributed by atoms with van der Waals surface area (Å²) in [7, 11) is -1.61. The number of nitro groups is 1. The first-order valence-corrected chi connectivity index (χ1v) is 5.93. The molecule has 2 aromatic heterocycles. The van der Waals surface area contributed by atoms with Crippen molar-refractivity contribution in [1.82, 2.24) is 15.0 Å². The van der Waals surface area contributed by atoms with Gasteiger partial charge in [-0.2, -0.15) is 0 Å². The van der Waals surface area contributed by atoms with Crippen LogP contribution in [0, 0.1) is 10.1 Å². The minimum absolute atomic E-state index is 0.146. The van der Waals surface area contributed by atoms with Crippen LogP contribution in [-0.2, 0) is 10.8 Å². The van der Waals surface area contributed by atoms with Gasteiger partial charge in [0.1, 0.15) is 17.0 Å². The molecule has 0 aliphatic carbocycles. The molecule has 0 radical (unpaired) electrons. The smallest absolute Gasteiger partial charge is 0.260 e. The summed E-state index contributed by atoms with van der Waals surface area (Å²) in [5, 5.41) is 10.5. The average Bonchev–Trinajstić information content (AvgIpc) is 2.78. The van der Waals surface area contributed by atoms with Gasteiger partial charge in [-0.3, -0.25) is 15.1 Å². The Balaban J connectivity index is 2.31. The molecule has 0 fully saturated rings. The van der Waals surface area contributed by atoms with E-state index in [1.54, 1.807) is 0 Å². The van der Waals surface area contributed by atoms with Crippen LogP contribution in [0.5, 0.6) is 0 Å². The van der Waals surface area contributed by atoms with Crippen LogP contribution in [0.4, 0.5) is 5.00 Å². The number of thiazole rings is 1. The normalized spacial score (nSPS) is 12.2. The van der Waals surface area contributed by atoms with Gasteiger partial charge in [-0.15, -0.1) is 0 Å². The molecule has 16 heavy (non-hydrogen) atoms. The Kier molecular flexibility index (Phi) is 2.97. The van der Waals surface area contributed by atoms with Gasteiger partial charge in [0, 0.05) is 12.4 Å². The van der Waals surface area contributed by atoms with Crippen LogP contribution in [0.25, 0.3) is 0 Å². The second-order valence-electron chi connectivity index (χ2n) is 2.53. The van der Waals surface area contributed by atoms with Crippen molar-refractivity contribution in [1.29, 1.82) is 0 Å². The van der Waals surface area contributed by atoms with Crippen LogP contribution in [0.15, 0.2) is 34.2 Å². The third-order valence-electron chi connectivity index (χ3n) is 1.54. The van der Waals surface area contributed by atoms with Gasteiger partial charge in [-0.25, -0.2) is 14.2 Å². The second kappa shape index (κ2) is 4.41. The van der Waals surface area contributed by atoms with Gasteiger partial charge in [0.2, 0.25) is 0 Å². The summed E-state index contributed by atoms with van der Waals surface area (Å²) in [6, 6.07) is 0. The first kappa shape index (κ1) is 10.8. The first-order valence-electron chi connectivity index (χ1n) is 3.96. The summed E-state index contributed by atoms with van der Waals surface area (Å²) >= 11 is 0.766. The summed E-state index contributed by atoms with van der Waals surface area (Å²) in [6.45, 7) is 0. The fraction of sp³-hybridized carbons (Fsp3) is 0. The maximum Gasteiger partial charge on any atom is 0.344 e. The lowest BCUT2D eigenvalue weighted by molar-refractivity contribution is -0.380. The fourth-order valence-corrected chi connectivity index (χ4v) is 2.81. The molecule has 0 saturated carbocycles. The highest BCUT2D eigenvalue weighted by molar-refractivity contribution is 7.87. The van der Waals surface area contributed by atoms with Crippen LogP contribution >= 0.6 is 11.3 Å². The Hall–Kier alpha value is -1.74. The van der Waals surface area contributed by atoms with Crippen molar-refractivity contribution in [2.24, 2.45) is 0 Å². The largest absolute Gasteiger partial charge is 0.344 e. The van der Waals surface area contributed by atoms with Gasteiger partial charge in [0.15, 0.2) is 9.37 Å². The molecule has 0 bridgehead atoms. The molecule has 0 aliphatic heterocycles. The molecule has 2 rings (SSSR count). The Bertz CT molecular complexity index is 542. The fourth-order valence-electron chi connectivity index (χ4n) is 0.891. The van der Waals surface area contributed by atoms with E-state index in [0.717, 1.165) is 17.5 Å². The monoisotopic (exact) mass is 256 g/mol. The van der Waals surface area contributed by atoms with Gasteiger partial charge in [0.25, 0.3) is 0 Å². The van der Waals surface area contributed by atoms with E-state index in [2.05, 4.69) is 15.0 Å². The quantitative estimate of drug-likeness (QED) is 0.600. The lowest BCUT2D eigenvalue weighted by Crippen LogP contribution is -1.95. The third-order valence-corrected chi connectivity index (χ3v) is 4.00. The zero-order valence-electron chi connectivity index (χ0n) is 7.64. The molecule has 9 heteroatoms. The van der Waals surface area contributed by atoms with E-state index in [1.165, 1.54) is 18.6 Å². The van der Waals surface area contributed by atoms with E-state index < -0.39 is 15.7 Å². The van der Waals surface area contributed by atoms with Crippen molar-refractivity contribution >= 4 is 27.1 Å². The number of hydrogen-bond acceptors (Lipinski definition) is 7. The van der Waals surface area contributed by atoms with Gasteiger partial charge >= 0.3 is 5.00 Å². The SMILES string of the molecule is O=[N+]([O-])c1cnc(S(=O)c2cnccn2)s1. The third kappa shape index (κ3) is 2.09. The molecule has 2 aromatic rings. The predicted molar refractivity (Wildman–Crippen MR) is 55.5 cm³/mol. The van der Waals surface area contributed by atoms with E-state index in [-0.39, 0.29) is 14.4 Å². The Morgan fingerprint density at radius 3 is 2.69 bits per heavy atom. The molecule has 0 amide bonds. The van der Waals surface area contributed by atoms with Crippen molar-refractivity contribution < 1.29 is 9.13 Å². The second-order valence-corrected chi connectivity index (χ2v) is 5.14. The first-order chi connectivity index (χ1) is 7.68. The number of hydrogen-bond donors (Lipinski definition) is 0. The summed E-state index contributed by atoms with van der Waals surface area (Å²) in [6.07, 6.45) is 5.26. The van der Waals surface area contributed by atoms with Crippen LogP contribution in [0.3, 0.4) is 0 Å². The molecule has 0 aromatic carbocycles. The van der Waals surface area contributed by atoms with Crippen molar-refractivity contribution in [2.45, 2.75) is 9.37 Å². The summed E-state index contributed by atoms with van der Waals surface area (Å²) in [5.41, 5.74) is 0. The van der Waals surface area contributed by atoms with Gasteiger partial charge in [-0.05, 0) is 11.3 Å². The minimum Gasteiger partial charge on any atom is -0.260 e. The van der Waals surface area contributed by atoms with E-state index in [0.29, 0.717) is 0 Å². The molecule has 2 heterocycles. The van der Waals surface area contributed by atoms with Gasteiger partial charge in [-0.1, -0.05) is 0 Å². The Morgan fingerprint density at radius 1 is 1.31 bits per heavy atom. The lowest BCUT2D eigenvalue weighted by Gasteiger charge is -1.93. The Labute approximate surface area is 95.8 Å². The Morgan fingerprint density at radius 2 is 2.12 bits per heavy atom. The molecule has 0 aliphatic rings. The highest BCUT2D eigenvalue weighted by Crippen LogP contribution is 2.25. The van der Waals surface area contributed by atoms with Crippen molar-refractivity contribution in [2.75, 3.05) is 0 Å². The highest BCUT2D eigenvalue weighted by Gasteiger charge is 2.18. The molecule has 0 spiro atoms. The molecule has 1 atom stereocenters. The van der Waals surface area contributed by atoms with Gasteiger partial charge < -0.3 is 0 Å². The van der Waals surface area contributed by atoms with Crippen LogP contribution in [0.2, 0.25) is 0 Å². The zero-order valence-corrected chi connectivity index (χ0v) is 9.27. The molecule has 0 N–H and O–H groups in total. The van der Waals surface area contributed by atoms with Crippen LogP contribution in [0.1, 0.15) is 0 Å². The van der Waals surface area contributed by atoms with E-state index in [9.17, 15) is 14.3 Å². The van der Waals surface area contributed by atoms with Crippen LogP contribution in [-0.4, -0.2) is 24.1 Å². The van der Waals surface area contributed by atoms with Crippen LogP contribution < -0.4 is 0 Å².